The quantitative estimate of drug-likeness (QED) is 0.246. The molecular formula is C32H39Cl2N3O4S. The maximum Gasteiger partial charge on any atom is 0.264 e. The van der Waals surface area contributed by atoms with E-state index in [4.69, 9.17) is 23.2 Å². The van der Waals surface area contributed by atoms with Gasteiger partial charge in [-0.2, -0.15) is 0 Å². The van der Waals surface area contributed by atoms with E-state index in [-0.39, 0.29) is 29.7 Å². The molecule has 1 atom stereocenters. The van der Waals surface area contributed by atoms with Crippen molar-refractivity contribution >= 4 is 50.7 Å². The zero-order valence-electron chi connectivity index (χ0n) is 24.9. The van der Waals surface area contributed by atoms with Gasteiger partial charge in [-0.15, -0.1) is 0 Å². The van der Waals surface area contributed by atoms with Crippen molar-refractivity contribution in [2.24, 2.45) is 0 Å². The molecule has 2 amide bonds. The fourth-order valence-corrected chi connectivity index (χ4v) is 6.45. The Hall–Kier alpha value is -3.07. The number of hydrogen-bond acceptors (Lipinski definition) is 4. The van der Waals surface area contributed by atoms with E-state index in [9.17, 15) is 18.0 Å². The van der Waals surface area contributed by atoms with Gasteiger partial charge in [0, 0.05) is 27.7 Å². The minimum Gasteiger partial charge on any atom is -0.350 e. The molecule has 0 saturated heterocycles. The van der Waals surface area contributed by atoms with E-state index in [0.717, 1.165) is 9.87 Å². The topological polar surface area (TPSA) is 86.8 Å². The lowest BCUT2D eigenvalue weighted by molar-refractivity contribution is -0.141. The molecule has 0 radical (unpaired) electrons. The molecule has 3 aromatic rings. The average Bonchev–Trinajstić information content (AvgIpc) is 2.92. The summed E-state index contributed by atoms with van der Waals surface area (Å²) in [5, 5.41) is 3.62. The fourth-order valence-electron chi connectivity index (χ4n) is 4.50. The molecule has 0 spiro atoms. The molecular weight excluding hydrogens is 593 g/mol. The molecule has 3 aromatic carbocycles. The fraction of sp³-hybridized carbons (Fsp3) is 0.375. The summed E-state index contributed by atoms with van der Waals surface area (Å²) in [6.45, 7) is 10.8. The van der Waals surface area contributed by atoms with E-state index < -0.39 is 34.1 Å². The van der Waals surface area contributed by atoms with Crippen molar-refractivity contribution in [2.75, 3.05) is 10.8 Å². The number of nitrogens with one attached hydrogen (secondary N) is 1. The first-order chi connectivity index (χ1) is 19.7. The SMILES string of the molecule is CCC(C(=O)NC(C)(C)C)N(Cc1c(Cl)cccc1Cl)C(=O)CN(c1ccc(C(C)C)cc1)S(=O)(=O)c1ccccc1. The summed E-state index contributed by atoms with van der Waals surface area (Å²) in [7, 11) is -4.15. The highest BCUT2D eigenvalue weighted by Gasteiger charge is 2.35. The Balaban J connectivity index is 2.11. The Morgan fingerprint density at radius 2 is 1.45 bits per heavy atom. The number of sulfonamides is 1. The number of amides is 2. The van der Waals surface area contributed by atoms with Crippen LogP contribution in [0, 0.1) is 0 Å². The lowest BCUT2D eigenvalue weighted by Gasteiger charge is -2.35. The van der Waals surface area contributed by atoms with Gasteiger partial charge in [-0.3, -0.25) is 13.9 Å². The third-order valence-electron chi connectivity index (χ3n) is 6.73. The van der Waals surface area contributed by atoms with Crippen LogP contribution in [0.5, 0.6) is 0 Å². The molecule has 0 saturated carbocycles. The van der Waals surface area contributed by atoms with Crippen molar-refractivity contribution in [3.05, 3.63) is 94.0 Å². The van der Waals surface area contributed by atoms with Crippen LogP contribution in [0.4, 0.5) is 5.69 Å². The first-order valence-electron chi connectivity index (χ1n) is 13.9. The van der Waals surface area contributed by atoms with Crippen LogP contribution in [0.3, 0.4) is 0 Å². The second-order valence-electron chi connectivity index (χ2n) is 11.5. The molecule has 0 aliphatic heterocycles. The Kier molecular flexibility index (Phi) is 11.1. The summed E-state index contributed by atoms with van der Waals surface area (Å²) in [6, 6.07) is 19.2. The van der Waals surface area contributed by atoms with Crippen LogP contribution in [0.1, 0.15) is 65.0 Å². The van der Waals surface area contributed by atoms with E-state index >= 15 is 0 Å². The second-order valence-corrected chi connectivity index (χ2v) is 14.1. The Bertz CT molecular complexity index is 1470. The summed E-state index contributed by atoms with van der Waals surface area (Å²) in [5.41, 5.74) is 1.28. The molecule has 3 rings (SSSR count). The molecule has 0 aliphatic rings. The maximum atomic E-state index is 14.2. The number of benzene rings is 3. The number of nitrogens with zero attached hydrogens (tertiary/aromatic N) is 2. The van der Waals surface area contributed by atoms with E-state index in [0.29, 0.717) is 21.3 Å². The minimum absolute atomic E-state index is 0.0453. The Morgan fingerprint density at radius 1 is 0.881 bits per heavy atom. The Labute approximate surface area is 259 Å². The Morgan fingerprint density at radius 3 is 1.95 bits per heavy atom. The molecule has 0 fully saturated rings. The number of carbonyl (C=O) groups excluding carboxylic acids is 2. The molecule has 0 bridgehead atoms. The minimum atomic E-state index is -4.15. The van der Waals surface area contributed by atoms with E-state index in [1.165, 1.54) is 17.0 Å². The highest BCUT2D eigenvalue weighted by molar-refractivity contribution is 7.92. The van der Waals surface area contributed by atoms with Crippen LogP contribution in [0.25, 0.3) is 0 Å². The molecule has 1 N–H and O–H groups in total. The summed E-state index contributed by atoms with van der Waals surface area (Å²) in [6.07, 6.45) is 0.282. The van der Waals surface area contributed by atoms with Crippen molar-refractivity contribution < 1.29 is 18.0 Å². The third kappa shape index (κ3) is 8.27. The van der Waals surface area contributed by atoms with Crippen molar-refractivity contribution in [3.8, 4) is 0 Å². The molecule has 226 valence electrons. The summed E-state index contributed by atoms with van der Waals surface area (Å²) in [4.78, 5) is 29.1. The van der Waals surface area contributed by atoms with Crippen molar-refractivity contribution in [1.29, 1.82) is 0 Å². The first kappa shape index (κ1) is 33.4. The summed E-state index contributed by atoms with van der Waals surface area (Å²) in [5.74, 6) is -0.697. The zero-order valence-corrected chi connectivity index (χ0v) is 27.2. The van der Waals surface area contributed by atoms with Gasteiger partial charge in [-0.25, -0.2) is 8.42 Å². The highest BCUT2D eigenvalue weighted by Crippen LogP contribution is 2.29. The lowest BCUT2D eigenvalue weighted by atomic mass is 10.0. The number of hydrogen-bond donors (Lipinski definition) is 1. The molecule has 10 heteroatoms. The van der Waals surface area contributed by atoms with Crippen molar-refractivity contribution in [2.45, 2.75) is 76.9 Å². The number of rotatable bonds is 11. The molecule has 0 heterocycles. The smallest absolute Gasteiger partial charge is 0.264 e. The average molecular weight is 633 g/mol. The van der Waals surface area contributed by atoms with Crippen LogP contribution in [0.2, 0.25) is 10.0 Å². The van der Waals surface area contributed by atoms with Gasteiger partial charge >= 0.3 is 0 Å². The molecule has 42 heavy (non-hydrogen) atoms. The van der Waals surface area contributed by atoms with Crippen LogP contribution in [-0.4, -0.2) is 43.3 Å². The van der Waals surface area contributed by atoms with Gasteiger partial charge in [0.2, 0.25) is 11.8 Å². The standard InChI is InChI=1S/C32H39Cl2N3O4S/c1-7-29(31(39)35-32(4,5)6)36(20-26-27(33)14-11-15-28(26)34)30(38)21-37(24-18-16-23(17-19-24)22(2)3)42(40,41)25-12-9-8-10-13-25/h8-19,22,29H,7,20-21H2,1-6H3,(H,35,39). The van der Waals surface area contributed by atoms with Crippen LogP contribution in [-0.2, 0) is 26.2 Å². The number of anilines is 1. The van der Waals surface area contributed by atoms with Crippen molar-refractivity contribution in [1.82, 2.24) is 10.2 Å². The van der Waals surface area contributed by atoms with Gasteiger partial charge < -0.3 is 10.2 Å². The van der Waals surface area contributed by atoms with Crippen LogP contribution in [0.15, 0.2) is 77.7 Å². The molecule has 0 aromatic heterocycles. The monoisotopic (exact) mass is 631 g/mol. The predicted molar refractivity (Wildman–Crippen MR) is 170 cm³/mol. The van der Waals surface area contributed by atoms with Crippen LogP contribution >= 0.6 is 23.2 Å². The third-order valence-corrected chi connectivity index (χ3v) is 9.23. The van der Waals surface area contributed by atoms with Gasteiger partial charge in [0.05, 0.1) is 10.6 Å². The summed E-state index contributed by atoms with van der Waals surface area (Å²) >= 11 is 13.0. The van der Waals surface area contributed by atoms with Gasteiger partial charge in [0.25, 0.3) is 10.0 Å². The normalized spacial score (nSPS) is 12.6. The van der Waals surface area contributed by atoms with E-state index in [1.807, 2.05) is 46.8 Å². The van der Waals surface area contributed by atoms with Gasteiger partial charge in [-0.05, 0) is 75.1 Å². The largest absolute Gasteiger partial charge is 0.350 e. The van der Waals surface area contributed by atoms with E-state index in [2.05, 4.69) is 5.32 Å². The summed E-state index contributed by atoms with van der Waals surface area (Å²) < 4.78 is 29.0. The van der Waals surface area contributed by atoms with Gasteiger partial charge in [-0.1, -0.05) is 80.4 Å². The zero-order chi connectivity index (χ0) is 31.2. The number of halogens is 2. The number of carbonyl (C=O) groups is 2. The predicted octanol–water partition coefficient (Wildman–Crippen LogP) is 7.03. The highest BCUT2D eigenvalue weighted by atomic mass is 35.5. The first-order valence-corrected chi connectivity index (χ1v) is 16.1. The molecule has 1 unspecified atom stereocenters. The second kappa shape index (κ2) is 13.9. The molecule has 7 nitrogen and oxygen atoms in total. The van der Waals surface area contributed by atoms with Crippen molar-refractivity contribution in [3.63, 3.8) is 0 Å². The molecule has 0 aliphatic carbocycles. The lowest BCUT2D eigenvalue weighted by Crippen LogP contribution is -2.55. The maximum absolute atomic E-state index is 14.2. The van der Waals surface area contributed by atoms with Crippen LogP contribution < -0.4 is 9.62 Å². The van der Waals surface area contributed by atoms with Gasteiger partial charge in [0.1, 0.15) is 12.6 Å². The van der Waals surface area contributed by atoms with E-state index in [1.54, 1.807) is 55.5 Å². The van der Waals surface area contributed by atoms with Gasteiger partial charge in [0.15, 0.2) is 0 Å².